The third-order valence-electron chi connectivity index (χ3n) is 5.56. The van der Waals surface area contributed by atoms with E-state index in [0.717, 1.165) is 18.2 Å². The lowest BCUT2D eigenvalue weighted by molar-refractivity contribution is -0.139. The number of hydrogen-bond donors (Lipinski definition) is 2. The van der Waals surface area contributed by atoms with Gasteiger partial charge in [-0.05, 0) is 56.8 Å². The van der Waals surface area contributed by atoms with Crippen LogP contribution in [-0.2, 0) is 15.1 Å². The van der Waals surface area contributed by atoms with E-state index in [4.69, 9.17) is 4.74 Å². The number of carbonyl (C=O) groups excluding carboxylic acids is 3. The Hall–Kier alpha value is -3.53. The highest BCUT2D eigenvalue weighted by Crippen LogP contribution is 2.29. The first-order chi connectivity index (χ1) is 15.1. The summed E-state index contributed by atoms with van der Waals surface area (Å²) in [6.45, 7) is 2.87. The van der Waals surface area contributed by atoms with Crippen LogP contribution in [0.1, 0.15) is 31.0 Å². The topological polar surface area (TPSA) is 91.0 Å². The van der Waals surface area contributed by atoms with Gasteiger partial charge in [0.2, 0.25) is 0 Å². The van der Waals surface area contributed by atoms with E-state index < -0.39 is 41.1 Å². The molecule has 8 nitrogen and oxygen atoms in total. The molecule has 0 spiro atoms. The summed E-state index contributed by atoms with van der Waals surface area (Å²) in [7, 11) is 3.05. The molecule has 32 heavy (non-hydrogen) atoms. The normalized spacial score (nSPS) is 19.2. The fourth-order valence-corrected chi connectivity index (χ4v) is 3.46. The van der Waals surface area contributed by atoms with Crippen molar-refractivity contribution in [2.24, 2.45) is 0 Å². The van der Waals surface area contributed by atoms with Gasteiger partial charge in [0.15, 0.2) is 0 Å². The number of nitrogens with zero attached hydrogens (tertiary/aromatic N) is 2. The van der Waals surface area contributed by atoms with Crippen LogP contribution in [0, 0.1) is 11.6 Å². The summed E-state index contributed by atoms with van der Waals surface area (Å²) in [4.78, 5) is 39.3. The molecule has 3 rings (SSSR count). The van der Waals surface area contributed by atoms with Crippen LogP contribution in [-0.4, -0.2) is 48.5 Å². The number of carbonyl (C=O) groups is 3. The first-order valence-electron chi connectivity index (χ1n) is 9.82. The number of rotatable bonds is 7. The molecule has 2 N–H and O–H groups in total. The summed E-state index contributed by atoms with van der Waals surface area (Å²) in [5, 5.41) is 3.20. The molecule has 1 saturated heterocycles. The molecule has 10 heteroatoms. The fraction of sp³-hybridized carbons (Fsp3) is 0.318. The first kappa shape index (κ1) is 23.1. The molecule has 0 aromatic heterocycles. The zero-order valence-electron chi connectivity index (χ0n) is 18.1. The van der Waals surface area contributed by atoms with Gasteiger partial charge >= 0.3 is 6.03 Å². The standard InChI is InChI=1S/C22H24F2N4O4/c1-13(17-11-15(23)7-10-18(17)24)27(3)12-19(29)26-28-20(30)22(2,25-21(28)31)14-5-8-16(32-4)9-6-14/h5-11,13H,12H2,1-4H3,(H,25,31)(H,26,29). The number of amides is 4. The molecule has 1 aliphatic heterocycles. The fourth-order valence-electron chi connectivity index (χ4n) is 3.46. The van der Waals surface area contributed by atoms with Gasteiger partial charge in [0.05, 0.1) is 13.7 Å². The number of likely N-dealkylation sites (N-methyl/N-ethyl adjacent to an activating group) is 1. The molecule has 1 heterocycles. The lowest BCUT2D eigenvalue weighted by Crippen LogP contribution is -2.50. The van der Waals surface area contributed by atoms with Gasteiger partial charge < -0.3 is 10.1 Å². The Kier molecular flexibility index (Phi) is 6.45. The lowest BCUT2D eigenvalue weighted by atomic mass is 9.92. The maximum absolute atomic E-state index is 14.0. The monoisotopic (exact) mass is 446 g/mol. The Morgan fingerprint density at radius 2 is 1.88 bits per heavy atom. The van der Waals surface area contributed by atoms with Gasteiger partial charge in [-0.3, -0.25) is 19.9 Å². The van der Waals surface area contributed by atoms with Crippen molar-refractivity contribution in [2.45, 2.75) is 25.4 Å². The summed E-state index contributed by atoms with van der Waals surface area (Å²) in [5.74, 6) is -1.93. The largest absolute Gasteiger partial charge is 0.497 e. The number of nitrogens with one attached hydrogen (secondary N) is 2. The molecule has 1 aliphatic rings. The molecule has 0 aliphatic carbocycles. The SMILES string of the molecule is COc1ccc(C2(C)NC(=O)N(NC(=O)CN(C)C(C)c3cc(F)ccc3F)C2=O)cc1. The van der Waals surface area contributed by atoms with Crippen LogP contribution in [0.25, 0.3) is 0 Å². The van der Waals surface area contributed by atoms with E-state index in [-0.39, 0.29) is 12.1 Å². The zero-order valence-corrected chi connectivity index (χ0v) is 18.1. The Morgan fingerprint density at radius 1 is 1.22 bits per heavy atom. The molecule has 2 aromatic carbocycles. The molecule has 0 radical (unpaired) electrons. The van der Waals surface area contributed by atoms with Gasteiger partial charge in [0.25, 0.3) is 11.8 Å². The van der Waals surface area contributed by atoms with Crippen molar-refractivity contribution in [3.63, 3.8) is 0 Å². The van der Waals surface area contributed by atoms with Crippen molar-refractivity contribution in [1.29, 1.82) is 0 Å². The van der Waals surface area contributed by atoms with Gasteiger partial charge in [0, 0.05) is 11.6 Å². The van der Waals surface area contributed by atoms with E-state index in [1.807, 2.05) is 0 Å². The van der Waals surface area contributed by atoms with Crippen LogP contribution in [0.15, 0.2) is 42.5 Å². The summed E-state index contributed by atoms with van der Waals surface area (Å²) in [6, 6.07) is 8.27. The van der Waals surface area contributed by atoms with E-state index in [0.29, 0.717) is 16.3 Å². The maximum Gasteiger partial charge on any atom is 0.344 e. The summed E-state index contributed by atoms with van der Waals surface area (Å²) in [6.07, 6.45) is 0. The highest BCUT2D eigenvalue weighted by Gasteiger charge is 2.50. The third-order valence-corrected chi connectivity index (χ3v) is 5.56. The van der Waals surface area contributed by atoms with Crippen LogP contribution in [0.5, 0.6) is 5.75 Å². The number of urea groups is 1. The number of ether oxygens (including phenoxy) is 1. The van der Waals surface area contributed by atoms with Gasteiger partial charge in [-0.25, -0.2) is 13.6 Å². The summed E-state index contributed by atoms with van der Waals surface area (Å²) in [5.41, 5.74) is 1.51. The minimum atomic E-state index is -1.37. The Bertz CT molecular complexity index is 1050. The van der Waals surface area contributed by atoms with E-state index in [2.05, 4.69) is 10.7 Å². The highest BCUT2D eigenvalue weighted by molar-refractivity contribution is 6.08. The molecule has 170 valence electrons. The van der Waals surface area contributed by atoms with Crippen molar-refractivity contribution in [3.05, 3.63) is 65.2 Å². The number of halogens is 2. The number of hydrogen-bond acceptors (Lipinski definition) is 5. The van der Waals surface area contributed by atoms with Crippen molar-refractivity contribution < 1.29 is 27.9 Å². The average Bonchev–Trinajstić information content (AvgIpc) is 2.98. The molecule has 2 unspecified atom stereocenters. The van der Waals surface area contributed by atoms with E-state index >= 15 is 0 Å². The molecule has 4 amide bonds. The number of benzene rings is 2. The van der Waals surface area contributed by atoms with E-state index in [1.165, 1.54) is 18.9 Å². The highest BCUT2D eigenvalue weighted by atomic mass is 19.1. The minimum absolute atomic E-state index is 0.0855. The van der Waals surface area contributed by atoms with Crippen molar-refractivity contribution in [2.75, 3.05) is 20.7 Å². The Balaban J connectivity index is 1.68. The first-order valence-corrected chi connectivity index (χ1v) is 9.82. The molecule has 2 atom stereocenters. The van der Waals surface area contributed by atoms with Crippen molar-refractivity contribution in [1.82, 2.24) is 20.7 Å². The van der Waals surface area contributed by atoms with Crippen LogP contribution in [0.2, 0.25) is 0 Å². The lowest BCUT2D eigenvalue weighted by Gasteiger charge is -2.26. The van der Waals surface area contributed by atoms with E-state index in [9.17, 15) is 23.2 Å². The number of imide groups is 1. The summed E-state index contributed by atoms with van der Waals surface area (Å²) < 4.78 is 32.6. The molecule has 0 bridgehead atoms. The van der Waals surface area contributed by atoms with Crippen molar-refractivity contribution >= 4 is 17.8 Å². The van der Waals surface area contributed by atoms with Gasteiger partial charge in [-0.2, -0.15) is 5.01 Å². The zero-order chi connectivity index (χ0) is 23.6. The predicted molar refractivity (Wildman–Crippen MR) is 111 cm³/mol. The second-order valence-corrected chi connectivity index (χ2v) is 7.72. The van der Waals surface area contributed by atoms with Gasteiger partial charge in [0.1, 0.15) is 22.9 Å². The predicted octanol–water partition coefficient (Wildman–Crippen LogP) is 2.46. The number of methoxy groups -OCH3 is 1. The molecular weight excluding hydrogens is 422 g/mol. The van der Waals surface area contributed by atoms with Gasteiger partial charge in [-0.15, -0.1) is 0 Å². The van der Waals surface area contributed by atoms with Crippen LogP contribution in [0.4, 0.5) is 13.6 Å². The smallest absolute Gasteiger partial charge is 0.344 e. The maximum atomic E-state index is 14.0. The quantitative estimate of drug-likeness (QED) is 0.638. The van der Waals surface area contributed by atoms with Crippen molar-refractivity contribution in [3.8, 4) is 5.75 Å². The molecule has 0 saturated carbocycles. The second kappa shape index (κ2) is 8.91. The Morgan fingerprint density at radius 3 is 2.50 bits per heavy atom. The van der Waals surface area contributed by atoms with Gasteiger partial charge in [-0.1, -0.05) is 12.1 Å². The average molecular weight is 446 g/mol. The Labute approximate surface area is 184 Å². The summed E-state index contributed by atoms with van der Waals surface area (Å²) >= 11 is 0. The molecule has 1 fully saturated rings. The van der Waals surface area contributed by atoms with E-state index in [1.54, 1.807) is 38.2 Å². The van der Waals surface area contributed by atoms with Crippen LogP contribution in [0.3, 0.4) is 0 Å². The second-order valence-electron chi connectivity index (χ2n) is 7.72. The van der Waals surface area contributed by atoms with Crippen LogP contribution >= 0.6 is 0 Å². The molecular formula is C22H24F2N4O4. The third kappa shape index (κ3) is 4.40. The molecule has 2 aromatic rings. The van der Waals surface area contributed by atoms with Crippen LogP contribution < -0.4 is 15.5 Å². The number of hydrazine groups is 1. The minimum Gasteiger partial charge on any atom is -0.497 e.